The van der Waals surface area contributed by atoms with Crippen LogP contribution in [0.3, 0.4) is 0 Å². The molecule has 76 valence electrons. The van der Waals surface area contributed by atoms with Gasteiger partial charge in [0.25, 0.3) is 5.91 Å². The van der Waals surface area contributed by atoms with Gasteiger partial charge in [-0.05, 0) is 25.1 Å². The molecule has 0 radical (unpaired) electrons. The van der Waals surface area contributed by atoms with E-state index in [1.54, 1.807) is 19.1 Å². The van der Waals surface area contributed by atoms with Crippen molar-refractivity contribution in [1.29, 1.82) is 0 Å². The van der Waals surface area contributed by atoms with Gasteiger partial charge >= 0.3 is 0 Å². The number of nitrogen functional groups attached to an aromatic ring is 1. The van der Waals surface area contributed by atoms with E-state index in [9.17, 15) is 4.79 Å². The van der Waals surface area contributed by atoms with Gasteiger partial charge < -0.3 is 5.73 Å². The molecule has 0 aliphatic heterocycles. The summed E-state index contributed by atoms with van der Waals surface area (Å²) in [5, 5.41) is 0.459. The number of hydrogen-bond acceptors (Lipinski definition) is 3. The standard InChI is InChI=1S/C9H11ClN2O2/c1-2-14-12-9(13)7-5-6(10)3-4-8(7)11/h3-5H,2,11H2,1H3,(H,12,13). The van der Waals surface area contributed by atoms with Crippen LogP contribution in [0, 0.1) is 0 Å². The molecule has 0 atom stereocenters. The fourth-order valence-electron chi connectivity index (χ4n) is 0.918. The third kappa shape index (κ3) is 2.61. The molecule has 0 bridgehead atoms. The van der Waals surface area contributed by atoms with Gasteiger partial charge in [0.05, 0.1) is 12.2 Å². The minimum Gasteiger partial charge on any atom is -0.398 e. The molecule has 0 fully saturated rings. The van der Waals surface area contributed by atoms with E-state index in [2.05, 4.69) is 5.48 Å². The second kappa shape index (κ2) is 4.83. The van der Waals surface area contributed by atoms with Crippen molar-refractivity contribution in [3.63, 3.8) is 0 Å². The molecule has 0 spiro atoms. The summed E-state index contributed by atoms with van der Waals surface area (Å²) in [5.41, 5.74) is 8.50. The average Bonchev–Trinajstić information content (AvgIpc) is 2.18. The summed E-state index contributed by atoms with van der Waals surface area (Å²) in [6.07, 6.45) is 0. The maximum Gasteiger partial charge on any atom is 0.276 e. The zero-order valence-electron chi connectivity index (χ0n) is 7.71. The fraction of sp³-hybridized carbons (Fsp3) is 0.222. The Balaban J connectivity index is 2.83. The lowest BCUT2D eigenvalue weighted by molar-refractivity contribution is 0.0365. The Morgan fingerprint density at radius 3 is 3.00 bits per heavy atom. The topological polar surface area (TPSA) is 64.3 Å². The van der Waals surface area contributed by atoms with E-state index in [1.807, 2.05) is 0 Å². The van der Waals surface area contributed by atoms with Gasteiger partial charge in [-0.25, -0.2) is 5.48 Å². The number of carbonyl (C=O) groups is 1. The summed E-state index contributed by atoms with van der Waals surface area (Å²) < 4.78 is 0. The van der Waals surface area contributed by atoms with Gasteiger partial charge in [-0.3, -0.25) is 9.63 Å². The van der Waals surface area contributed by atoms with Crippen molar-refractivity contribution in [3.05, 3.63) is 28.8 Å². The molecule has 4 nitrogen and oxygen atoms in total. The molecule has 0 heterocycles. The van der Waals surface area contributed by atoms with Gasteiger partial charge in [0, 0.05) is 10.7 Å². The molecule has 0 saturated carbocycles. The summed E-state index contributed by atoms with van der Waals surface area (Å²) in [7, 11) is 0. The molecule has 0 unspecified atom stereocenters. The number of carbonyl (C=O) groups excluding carboxylic acids is 1. The van der Waals surface area contributed by atoms with Gasteiger partial charge in [0.1, 0.15) is 0 Å². The van der Waals surface area contributed by atoms with Gasteiger partial charge in [-0.2, -0.15) is 0 Å². The quantitative estimate of drug-likeness (QED) is 0.594. The SMILES string of the molecule is CCONC(=O)c1cc(Cl)ccc1N. The van der Waals surface area contributed by atoms with Crippen molar-refractivity contribution in [3.8, 4) is 0 Å². The van der Waals surface area contributed by atoms with E-state index in [0.29, 0.717) is 22.9 Å². The van der Waals surface area contributed by atoms with Crippen LogP contribution in [-0.2, 0) is 4.84 Å². The molecule has 3 N–H and O–H groups in total. The first kappa shape index (κ1) is 10.8. The van der Waals surface area contributed by atoms with Crippen molar-refractivity contribution < 1.29 is 9.63 Å². The van der Waals surface area contributed by atoms with Crippen LogP contribution in [0.15, 0.2) is 18.2 Å². The zero-order chi connectivity index (χ0) is 10.6. The molecule has 1 aromatic carbocycles. The molecule has 1 aromatic rings. The first-order valence-corrected chi connectivity index (χ1v) is 4.50. The fourth-order valence-corrected chi connectivity index (χ4v) is 1.09. The molecule has 1 amide bonds. The number of rotatable bonds is 3. The predicted molar refractivity (Wildman–Crippen MR) is 55.0 cm³/mol. The number of hydrogen-bond donors (Lipinski definition) is 2. The van der Waals surface area contributed by atoms with Crippen LogP contribution in [0.2, 0.25) is 5.02 Å². The number of amides is 1. The molecule has 0 aliphatic rings. The van der Waals surface area contributed by atoms with Gasteiger partial charge in [0.15, 0.2) is 0 Å². The van der Waals surface area contributed by atoms with Crippen LogP contribution in [0.5, 0.6) is 0 Å². The molecule has 14 heavy (non-hydrogen) atoms. The summed E-state index contributed by atoms with van der Waals surface area (Å²) in [6.45, 7) is 2.16. The van der Waals surface area contributed by atoms with E-state index in [0.717, 1.165) is 0 Å². The maximum atomic E-state index is 11.4. The number of benzene rings is 1. The molecule has 0 aliphatic carbocycles. The van der Waals surface area contributed by atoms with Crippen molar-refractivity contribution in [2.45, 2.75) is 6.92 Å². The van der Waals surface area contributed by atoms with Crippen molar-refractivity contribution in [2.24, 2.45) is 0 Å². The summed E-state index contributed by atoms with van der Waals surface area (Å²) >= 11 is 5.72. The molecular weight excluding hydrogens is 204 g/mol. The lowest BCUT2D eigenvalue weighted by Gasteiger charge is -2.06. The second-order valence-electron chi connectivity index (χ2n) is 2.60. The largest absolute Gasteiger partial charge is 0.398 e. The smallest absolute Gasteiger partial charge is 0.276 e. The molecule has 1 rings (SSSR count). The number of nitrogens with two attached hydrogens (primary N) is 1. The van der Waals surface area contributed by atoms with Crippen molar-refractivity contribution >= 4 is 23.2 Å². The zero-order valence-corrected chi connectivity index (χ0v) is 8.47. The van der Waals surface area contributed by atoms with Crippen molar-refractivity contribution in [2.75, 3.05) is 12.3 Å². The molecule has 5 heteroatoms. The highest BCUT2D eigenvalue weighted by molar-refractivity contribution is 6.31. The Morgan fingerprint density at radius 2 is 2.36 bits per heavy atom. The summed E-state index contributed by atoms with van der Waals surface area (Å²) in [5.74, 6) is -0.396. The number of anilines is 1. The number of halogens is 1. The predicted octanol–water partition coefficient (Wildman–Crippen LogP) is 1.60. The Bertz CT molecular complexity index is 342. The molecule has 0 aromatic heterocycles. The van der Waals surface area contributed by atoms with E-state index >= 15 is 0 Å². The lowest BCUT2D eigenvalue weighted by Crippen LogP contribution is -2.24. The third-order valence-electron chi connectivity index (χ3n) is 1.57. The minimum atomic E-state index is -0.396. The molecular formula is C9H11ClN2O2. The van der Waals surface area contributed by atoms with Crippen LogP contribution in [-0.4, -0.2) is 12.5 Å². The minimum absolute atomic E-state index is 0.311. The third-order valence-corrected chi connectivity index (χ3v) is 1.80. The average molecular weight is 215 g/mol. The van der Waals surface area contributed by atoms with E-state index in [4.69, 9.17) is 22.2 Å². The van der Waals surface area contributed by atoms with E-state index in [1.165, 1.54) is 6.07 Å². The Hall–Kier alpha value is -1.26. The Kier molecular flexibility index (Phi) is 3.73. The highest BCUT2D eigenvalue weighted by Gasteiger charge is 2.09. The van der Waals surface area contributed by atoms with Crippen LogP contribution in [0.1, 0.15) is 17.3 Å². The lowest BCUT2D eigenvalue weighted by atomic mass is 10.2. The van der Waals surface area contributed by atoms with Crippen LogP contribution in [0.4, 0.5) is 5.69 Å². The first-order valence-electron chi connectivity index (χ1n) is 4.12. The maximum absolute atomic E-state index is 11.4. The first-order chi connectivity index (χ1) is 6.65. The van der Waals surface area contributed by atoms with Crippen LogP contribution >= 0.6 is 11.6 Å². The van der Waals surface area contributed by atoms with Crippen LogP contribution < -0.4 is 11.2 Å². The normalized spacial score (nSPS) is 9.86. The van der Waals surface area contributed by atoms with Gasteiger partial charge in [-0.1, -0.05) is 11.6 Å². The van der Waals surface area contributed by atoms with Gasteiger partial charge in [-0.15, -0.1) is 0 Å². The Labute approximate surface area is 86.9 Å². The van der Waals surface area contributed by atoms with E-state index in [-0.39, 0.29) is 0 Å². The van der Waals surface area contributed by atoms with Crippen LogP contribution in [0.25, 0.3) is 0 Å². The Morgan fingerprint density at radius 1 is 1.64 bits per heavy atom. The van der Waals surface area contributed by atoms with Crippen molar-refractivity contribution in [1.82, 2.24) is 5.48 Å². The monoisotopic (exact) mass is 214 g/mol. The summed E-state index contributed by atoms with van der Waals surface area (Å²) in [4.78, 5) is 16.1. The highest BCUT2D eigenvalue weighted by atomic mass is 35.5. The highest BCUT2D eigenvalue weighted by Crippen LogP contribution is 2.17. The van der Waals surface area contributed by atoms with Gasteiger partial charge in [0.2, 0.25) is 0 Å². The van der Waals surface area contributed by atoms with E-state index < -0.39 is 5.91 Å². The second-order valence-corrected chi connectivity index (χ2v) is 3.03. The number of hydroxylamine groups is 1. The molecule has 0 saturated heterocycles. The summed E-state index contributed by atoms with van der Waals surface area (Å²) in [6, 6.07) is 4.68. The number of nitrogens with one attached hydrogen (secondary N) is 1.